The molecule has 0 bridgehead atoms. The van der Waals surface area contributed by atoms with Gasteiger partial charge in [0.05, 0.1) is 38.8 Å². The second-order valence-corrected chi connectivity index (χ2v) is 6.64. The van der Waals surface area contributed by atoms with E-state index in [9.17, 15) is 14.9 Å². The summed E-state index contributed by atoms with van der Waals surface area (Å²) >= 11 is 13.0. The minimum absolute atomic E-state index is 0.216. The summed E-state index contributed by atoms with van der Waals surface area (Å²) < 4.78 is 1.43. The Bertz CT molecular complexity index is 956. The smallest absolute Gasteiger partial charge is 0.358 e. The molecular weight excluding hydrogens is 389 g/mol. The van der Waals surface area contributed by atoms with Gasteiger partial charge < -0.3 is 15.4 Å². The Labute approximate surface area is 155 Å². The van der Waals surface area contributed by atoms with Gasteiger partial charge in [-0.25, -0.2) is 4.98 Å². The number of hydrogen-bond acceptors (Lipinski definition) is 6. The summed E-state index contributed by atoms with van der Waals surface area (Å²) in [4.78, 5) is 26.8. The molecule has 0 unspecified atom stereocenters. The monoisotopic (exact) mass is 397 g/mol. The van der Waals surface area contributed by atoms with Gasteiger partial charge >= 0.3 is 5.82 Å². The molecule has 0 spiro atoms. The number of carbonyl (C=O) groups excluding carboxylic acids is 1. The van der Waals surface area contributed by atoms with Crippen LogP contribution >= 0.6 is 34.5 Å². The molecule has 3 aromatic heterocycles. The third-order valence-electron chi connectivity index (χ3n) is 3.08. The summed E-state index contributed by atoms with van der Waals surface area (Å²) in [6, 6.07) is 4.47. The number of carbonyl (C=O) groups is 1. The Balaban J connectivity index is 1.69. The molecule has 25 heavy (non-hydrogen) atoms. The van der Waals surface area contributed by atoms with E-state index in [4.69, 9.17) is 23.2 Å². The van der Waals surface area contributed by atoms with Crippen molar-refractivity contribution in [2.45, 2.75) is 6.54 Å². The second kappa shape index (κ2) is 7.18. The van der Waals surface area contributed by atoms with Crippen molar-refractivity contribution in [1.29, 1.82) is 0 Å². The third kappa shape index (κ3) is 4.13. The van der Waals surface area contributed by atoms with E-state index in [0.29, 0.717) is 16.4 Å². The number of pyridine rings is 1. The minimum atomic E-state index is -0.564. The molecule has 0 aliphatic heterocycles. The van der Waals surface area contributed by atoms with Gasteiger partial charge in [0.25, 0.3) is 5.91 Å². The molecule has 11 heteroatoms. The number of anilines is 1. The van der Waals surface area contributed by atoms with Crippen LogP contribution in [0.5, 0.6) is 0 Å². The second-order valence-electron chi connectivity index (χ2n) is 4.89. The summed E-state index contributed by atoms with van der Waals surface area (Å²) in [6.07, 6.45) is 2.89. The number of nitrogens with zero attached hydrogens (tertiary/aromatic N) is 4. The van der Waals surface area contributed by atoms with Crippen LogP contribution in [0.3, 0.4) is 0 Å². The number of nitrogens with one attached hydrogen (secondary N) is 1. The van der Waals surface area contributed by atoms with E-state index in [1.165, 1.54) is 40.5 Å². The Morgan fingerprint density at radius 3 is 2.88 bits per heavy atom. The molecule has 0 atom stereocenters. The predicted molar refractivity (Wildman–Crippen MR) is 94.5 cm³/mol. The van der Waals surface area contributed by atoms with Gasteiger partial charge in [-0.2, -0.15) is 4.68 Å². The highest BCUT2D eigenvalue weighted by atomic mass is 35.5. The molecule has 3 aromatic rings. The number of halogens is 2. The first-order valence-electron chi connectivity index (χ1n) is 6.80. The van der Waals surface area contributed by atoms with E-state index in [2.05, 4.69) is 15.4 Å². The molecule has 0 saturated heterocycles. The Hall–Kier alpha value is -2.49. The van der Waals surface area contributed by atoms with Crippen molar-refractivity contribution in [2.75, 3.05) is 5.32 Å². The summed E-state index contributed by atoms with van der Waals surface area (Å²) in [5.41, 5.74) is 0.795. The highest BCUT2D eigenvalue weighted by Gasteiger charge is 2.15. The molecule has 0 saturated carbocycles. The van der Waals surface area contributed by atoms with Crippen LogP contribution in [0.2, 0.25) is 10.0 Å². The lowest BCUT2D eigenvalue weighted by Gasteiger charge is -2.04. The molecule has 0 aliphatic carbocycles. The number of hydrogen-bond donors (Lipinski definition) is 1. The minimum Gasteiger partial charge on any atom is -0.358 e. The first-order chi connectivity index (χ1) is 11.9. The van der Waals surface area contributed by atoms with E-state index in [1.807, 2.05) is 0 Å². The van der Waals surface area contributed by atoms with E-state index in [1.54, 1.807) is 11.4 Å². The van der Waals surface area contributed by atoms with Crippen LogP contribution in [0.1, 0.15) is 15.2 Å². The highest BCUT2D eigenvalue weighted by molar-refractivity contribution is 7.12. The van der Waals surface area contributed by atoms with Crippen molar-refractivity contribution >= 4 is 52.1 Å². The van der Waals surface area contributed by atoms with Crippen LogP contribution in [0.25, 0.3) is 0 Å². The van der Waals surface area contributed by atoms with Gasteiger partial charge in [0, 0.05) is 6.20 Å². The third-order valence-corrected chi connectivity index (χ3v) is 4.55. The van der Waals surface area contributed by atoms with Crippen LogP contribution in [-0.2, 0) is 6.54 Å². The number of amides is 1. The summed E-state index contributed by atoms with van der Waals surface area (Å²) in [5, 5.41) is 19.5. The fourth-order valence-electron chi connectivity index (χ4n) is 1.98. The average Bonchev–Trinajstić information content (AvgIpc) is 3.20. The summed E-state index contributed by atoms with van der Waals surface area (Å²) in [7, 11) is 0. The molecule has 3 heterocycles. The molecule has 1 amide bonds. The molecule has 0 radical (unpaired) electrons. The maximum Gasteiger partial charge on any atom is 0.389 e. The molecular formula is C14H9Cl2N5O3S. The molecule has 1 N–H and O–H groups in total. The van der Waals surface area contributed by atoms with Gasteiger partial charge in [0.1, 0.15) is 0 Å². The van der Waals surface area contributed by atoms with Gasteiger partial charge in [-0.05, 0) is 28.0 Å². The SMILES string of the molecule is O=C(Nc1ncc(Cl)cc1Cl)c1cc(Cn2ccc([N+](=O)[O-])n2)cs1. The number of thiophene rings is 1. The quantitative estimate of drug-likeness (QED) is 0.519. The van der Waals surface area contributed by atoms with E-state index >= 15 is 0 Å². The van der Waals surface area contributed by atoms with Crippen LogP contribution in [0.15, 0.2) is 36.0 Å². The van der Waals surface area contributed by atoms with Crippen LogP contribution < -0.4 is 5.32 Å². The van der Waals surface area contributed by atoms with Crippen LogP contribution in [0.4, 0.5) is 11.6 Å². The zero-order chi connectivity index (χ0) is 18.0. The Morgan fingerprint density at radius 2 is 2.20 bits per heavy atom. The van der Waals surface area contributed by atoms with Gasteiger partial charge in [0.2, 0.25) is 0 Å². The fourth-order valence-corrected chi connectivity index (χ4v) is 3.20. The van der Waals surface area contributed by atoms with Crippen molar-refractivity contribution in [3.05, 3.63) is 66.6 Å². The predicted octanol–water partition coefficient (Wildman–Crippen LogP) is 3.86. The first-order valence-corrected chi connectivity index (χ1v) is 8.43. The van der Waals surface area contributed by atoms with Crippen molar-refractivity contribution < 1.29 is 9.72 Å². The van der Waals surface area contributed by atoms with Gasteiger partial charge in [-0.1, -0.05) is 23.2 Å². The fraction of sp³-hybridized carbons (Fsp3) is 0.0714. The number of aromatic nitrogens is 3. The lowest BCUT2D eigenvalue weighted by molar-refractivity contribution is -0.389. The summed E-state index contributed by atoms with van der Waals surface area (Å²) in [6.45, 7) is 0.317. The molecule has 128 valence electrons. The average molecular weight is 398 g/mol. The lowest BCUT2D eigenvalue weighted by Crippen LogP contribution is -2.11. The van der Waals surface area contributed by atoms with E-state index in [0.717, 1.165) is 5.56 Å². The van der Waals surface area contributed by atoms with Crippen molar-refractivity contribution in [1.82, 2.24) is 14.8 Å². The van der Waals surface area contributed by atoms with Crippen molar-refractivity contribution in [3.8, 4) is 0 Å². The maximum atomic E-state index is 12.3. The van der Waals surface area contributed by atoms with Gasteiger partial charge in [-0.3, -0.25) is 4.79 Å². The largest absolute Gasteiger partial charge is 0.389 e. The van der Waals surface area contributed by atoms with Crippen LogP contribution in [-0.4, -0.2) is 25.6 Å². The van der Waals surface area contributed by atoms with Gasteiger partial charge in [-0.15, -0.1) is 11.3 Å². The lowest BCUT2D eigenvalue weighted by atomic mass is 10.3. The zero-order valence-corrected chi connectivity index (χ0v) is 14.7. The van der Waals surface area contributed by atoms with E-state index in [-0.39, 0.29) is 22.6 Å². The molecule has 8 nitrogen and oxygen atoms in total. The molecule has 0 fully saturated rings. The highest BCUT2D eigenvalue weighted by Crippen LogP contribution is 2.24. The maximum absolute atomic E-state index is 12.3. The number of rotatable bonds is 5. The zero-order valence-electron chi connectivity index (χ0n) is 12.3. The van der Waals surface area contributed by atoms with Crippen molar-refractivity contribution in [2.24, 2.45) is 0 Å². The van der Waals surface area contributed by atoms with Crippen molar-refractivity contribution in [3.63, 3.8) is 0 Å². The normalized spacial score (nSPS) is 10.6. The topological polar surface area (TPSA) is 103 Å². The number of nitro groups is 1. The van der Waals surface area contributed by atoms with Crippen LogP contribution in [0, 0.1) is 10.1 Å². The Kier molecular flexibility index (Phi) is 4.98. The van der Waals surface area contributed by atoms with E-state index < -0.39 is 4.92 Å². The van der Waals surface area contributed by atoms with Gasteiger partial charge in [0.15, 0.2) is 5.82 Å². The first kappa shape index (κ1) is 17.3. The molecule has 0 aliphatic rings. The summed E-state index contributed by atoms with van der Waals surface area (Å²) in [5.74, 6) is -0.371. The Morgan fingerprint density at radius 1 is 1.40 bits per heavy atom. The standard InChI is InChI=1S/C14H9Cl2N5O3S/c15-9-4-10(16)13(17-5-9)18-14(22)11-3-8(7-25-11)6-20-2-1-12(19-20)21(23)24/h1-5,7H,6H2,(H,17,18,22). The molecule has 3 rings (SSSR count). The molecule has 0 aromatic carbocycles.